The SMILES string of the molecule is Cc1ccc(C)c(OC[C@@H](O)CN2C(=O)N[C@@H](CC(=O)N3CCOCC3)C2=O)c1. The Balaban J connectivity index is 1.51. The van der Waals surface area contributed by atoms with Gasteiger partial charge in [0.2, 0.25) is 5.91 Å². The fourth-order valence-corrected chi connectivity index (χ4v) is 3.32. The van der Waals surface area contributed by atoms with Gasteiger partial charge in [-0.3, -0.25) is 14.5 Å². The maximum absolute atomic E-state index is 12.5. The minimum absolute atomic E-state index is 0.0568. The standard InChI is InChI=1S/C20H27N3O6/c1-13-3-4-14(2)17(9-13)29-12-15(24)11-23-19(26)16(21-20(23)27)10-18(25)22-5-7-28-8-6-22/h3-4,9,15-16,24H,5-8,10-12H2,1-2H3,(H,21,27)/t15-,16-/m0/s1. The molecule has 0 bridgehead atoms. The number of aliphatic hydroxyl groups excluding tert-OH is 1. The van der Waals surface area contributed by atoms with Gasteiger partial charge in [0, 0.05) is 13.1 Å². The number of morpholine rings is 1. The fraction of sp³-hybridized carbons (Fsp3) is 0.550. The zero-order valence-corrected chi connectivity index (χ0v) is 16.7. The van der Waals surface area contributed by atoms with Crippen molar-refractivity contribution in [2.45, 2.75) is 32.4 Å². The highest BCUT2D eigenvalue weighted by Crippen LogP contribution is 2.19. The number of aryl methyl sites for hydroxylation is 2. The second kappa shape index (κ2) is 9.23. The third-order valence-corrected chi connectivity index (χ3v) is 5.02. The molecule has 2 N–H and O–H groups in total. The van der Waals surface area contributed by atoms with Gasteiger partial charge in [-0.1, -0.05) is 12.1 Å². The first-order valence-corrected chi connectivity index (χ1v) is 9.70. The van der Waals surface area contributed by atoms with Crippen molar-refractivity contribution in [3.8, 4) is 5.75 Å². The number of hydrogen-bond donors (Lipinski definition) is 2. The summed E-state index contributed by atoms with van der Waals surface area (Å²) in [7, 11) is 0. The maximum Gasteiger partial charge on any atom is 0.324 e. The van der Waals surface area contributed by atoms with E-state index in [0.29, 0.717) is 32.1 Å². The van der Waals surface area contributed by atoms with E-state index in [1.54, 1.807) is 4.90 Å². The van der Waals surface area contributed by atoms with Gasteiger partial charge in [-0.15, -0.1) is 0 Å². The molecule has 1 aromatic carbocycles. The largest absolute Gasteiger partial charge is 0.491 e. The van der Waals surface area contributed by atoms with Crippen LogP contribution in [0.25, 0.3) is 0 Å². The Hall–Kier alpha value is -2.65. The normalized spacial score (nSPS) is 20.6. The molecule has 1 aromatic rings. The molecule has 0 spiro atoms. The molecule has 0 unspecified atom stereocenters. The molecule has 0 saturated carbocycles. The summed E-state index contributed by atoms with van der Waals surface area (Å²) in [6, 6.07) is 4.23. The van der Waals surface area contributed by atoms with Gasteiger partial charge in [0.1, 0.15) is 24.5 Å². The number of amides is 4. The summed E-state index contributed by atoms with van der Waals surface area (Å²) in [5, 5.41) is 12.8. The first-order chi connectivity index (χ1) is 13.8. The summed E-state index contributed by atoms with van der Waals surface area (Å²) in [5.74, 6) is -0.0646. The monoisotopic (exact) mass is 405 g/mol. The Kier molecular flexibility index (Phi) is 6.71. The molecule has 2 heterocycles. The van der Waals surface area contributed by atoms with Crippen molar-refractivity contribution in [1.29, 1.82) is 0 Å². The number of urea groups is 1. The molecule has 2 saturated heterocycles. The Bertz CT molecular complexity index is 777. The molecular formula is C20H27N3O6. The van der Waals surface area contributed by atoms with Gasteiger partial charge in [-0.05, 0) is 31.0 Å². The highest BCUT2D eigenvalue weighted by Gasteiger charge is 2.40. The van der Waals surface area contributed by atoms with Gasteiger partial charge in [-0.25, -0.2) is 4.79 Å². The number of β-amino-alcohol motifs (C(OH)–C–C–N with tert-alkyl or cyclic N) is 1. The van der Waals surface area contributed by atoms with Crippen LogP contribution in [0.2, 0.25) is 0 Å². The van der Waals surface area contributed by atoms with Crippen LogP contribution in [0.5, 0.6) is 5.75 Å². The average Bonchev–Trinajstić information content (AvgIpc) is 2.96. The quantitative estimate of drug-likeness (QED) is 0.628. The Labute approximate surface area is 169 Å². The lowest BCUT2D eigenvalue weighted by atomic mass is 10.1. The molecule has 9 nitrogen and oxygen atoms in total. The van der Waals surface area contributed by atoms with Crippen LogP contribution < -0.4 is 10.1 Å². The highest BCUT2D eigenvalue weighted by atomic mass is 16.5. The van der Waals surface area contributed by atoms with Crippen molar-refractivity contribution in [3.63, 3.8) is 0 Å². The van der Waals surface area contributed by atoms with Crippen molar-refractivity contribution in [1.82, 2.24) is 15.1 Å². The predicted molar refractivity (Wildman–Crippen MR) is 103 cm³/mol. The summed E-state index contributed by atoms with van der Waals surface area (Å²) in [5.41, 5.74) is 1.96. The zero-order valence-electron chi connectivity index (χ0n) is 16.7. The topological polar surface area (TPSA) is 108 Å². The number of rotatable bonds is 7. The van der Waals surface area contributed by atoms with Crippen LogP contribution in [0.15, 0.2) is 18.2 Å². The second-order valence-corrected chi connectivity index (χ2v) is 7.38. The lowest BCUT2D eigenvalue weighted by molar-refractivity contribution is -0.138. The van der Waals surface area contributed by atoms with Crippen molar-refractivity contribution in [3.05, 3.63) is 29.3 Å². The lowest BCUT2D eigenvalue weighted by Crippen LogP contribution is -2.44. The van der Waals surface area contributed by atoms with Gasteiger partial charge >= 0.3 is 6.03 Å². The van der Waals surface area contributed by atoms with E-state index in [1.165, 1.54) is 0 Å². The van der Waals surface area contributed by atoms with Crippen LogP contribution in [0.4, 0.5) is 4.79 Å². The van der Waals surface area contributed by atoms with E-state index in [9.17, 15) is 19.5 Å². The molecular weight excluding hydrogens is 378 g/mol. The number of carbonyl (C=O) groups excluding carboxylic acids is 3. The zero-order chi connectivity index (χ0) is 21.0. The Morgan fingerprint density at radius 2 is 2.03 bits per heavy atom. The molecule has 4 amide bonds. The number of hydrogen-bond acceptors (Lipinski definition) is 6. The van der Waals surface area contributed by atoms with Crippen molar-refractivity contribution >= 4 is 17.8 Å². The third-order valence-electron chi connectivity index (χ3n) is 5.02. The number of nitrogens with zero attached hydrogens (tertiary/aromatic N) is 2. The summed E-state index contributed by atoms with van der Waals surface area (Å²) < 4.78 is 10.8. The average molecular weight is 405 g/mol. The number of ether oxygens (including phenoxy) is 2. The van der Waals surface area contributed by atoms with Crippen molar-refractivity contribution < 1.29 is 29.0 Å². The van der Waals surface area contributed by atoms with E-state index < -0.39 is 24.1 Å². The highest BCUT2D eigenvalue weighted by molar-refractivity contribution is 6.05. The van der Waals surface area contributed by atoms with Gasteiger partial charge in [0.05, 0.1) is 26.2 Å². The molecule has 0 radical (unpaired) electrons. The van der Waals surface area contributed by atoms with Crippen LogP contribution in [-0.4, -0.2) is 84.4 Å². The molecule has 0 aromatic heterocycles. The summed E-state index contributed by atoms with van der Waals surface area (Å²) >= 11 is 0. The van der Waals surface area contributed by atoms with Gasteiger partial charge in [0.15, 0.2) is 0 Å². The number of imide groups is 1. The third kappa shape index (κ3) is 5.24. The molecule has 2 aliphatic rings. The van der Waals surface area contributed by atoms with Crippen LogP contribution in [0.3, 0.4) is 0 Å². The lowest BCUT2D eigenvalue weighted by Gasteiger charge is -2.27. The number of nitrogens with one attached hydrogen (secondary N) is 1. The van der Waals surface area contributed by atoms with E-state index >= 15 is 0 Å². The van der Waals surface area contributed by atoms with Crippen LogP contribution in [0, 0.1) is 13.8 Å². The van der Waals surface area contributed by atoms with E-state index in [0.717, 1.165) is 16.0 Å². The summed E-state index contributed by atoms with van der Waals surface area (Å²) in [4.78, 5) is 39.6. The molecule has 9 heteroatoms. The molecule has 3 rings (SSSR count). The molecule has 158 valence electrons. The van der Waals surface area contributed by atoms with Crippen LogP contribution in [-0.2, 0) is 14.3 Å². The minimum Gasteiger partial charge on any atom is -0.491 e. The van der Waals surface area contributed by atoms with E-state index in [1.807, 2.05) is 32.0 Å². The molecule has 0 aliphatic carbocycles. The maximum atomic E-state index is 12.5. The van der Waals surface area contributed by atoms with Crippen LogP contribution >= 0.6 is 0 Å². The number of aliphatic hydroxyl groups is 1. The van der Waals surface area contributed by atoms with E-state index in [-0.39, 0.29) is 25.5 Å². The molecule has 29 heavy (non-hydrogen) atoms. The predicted octanol–water partition coefficient (Wildman–Crippen LogP) is 0.212. The van der Waals surface area contributed by atoms with Gasteiger partial charge in [0.25, 0.3) is 5.91 Å². The first-order valence-electron chi connectivity index (χ1n) is 9.70. The van der Waals surface area contributed by atoms with Crippen molar-refractivity contribution in [2.75, 3.05) is 39.5 Å². The van der Waals surface area contributed by atoms with E-state index in [4.69, 9.17) is 9.47 Å². The summed E-state index contributed by atoms with van der Waals surface area (Å²) in [6.45, 7) is 5.47. The van der Waals surface area contributed by atoms with E-state index in [2.05, 4.69) is 5.32 Å². The fourth-order valence-electron chi connectivity index (χ4n) is 3.32. The Morgan fingerprint density at radius 3 is 2.76 bits per heavy atom. The number of benzene rings is 1. The van der Waals surface area contributed by atoms with Crippen LogP contribution in [0.1, 0.15) is 17.5 Å². The Morgan fingerprint density at radius 1 is 1.31 bits per heavy atom. The smallest absolute Gasteiger partial charge is 0.324 e. The molecule has 2 fully saturated rings. The second-order valence-electron chi connectivity index (χ2n) is 7.38. The van der Waals surface area contributed by atoms with Gasteiger partial charge < -0.3 is 24.8 Å². The first kappa shape index (κ1) is 21.1. The molecule has 2 atom stereocenters. The molecule has 2 aliphatic heterocycles. The summed E-state index contributed by atoms with van der Waals surface area (Å²) in [6.07, 6.45) is -1.14. The minimum atomic E-state index is -1.04. The van der Waals surface area contributed by atoms with Gasteiger partial charge in [-0.2, -0.15) is 0 Å². The number of carbonyl (C=O) groups is 3. The van der Waals surface area contributed by atoms with Crippen molar-refractivity contribution in [2.24, 2.45) is 0 Å².